The highest BCUT2D eigenvalue weighted by Crippen LogP contribution is 2.26. The molecule has 23 heavy (non-hydrogen) atoms. The molecule has 0 radical (unpaired) electrons. The van der Waals surface area contributed by atoms with Crippen LogP contribution < -0.4 is 0 Å². The number of ether oxygens (including phenoxy) is 2. The zero-order valence-electron chi connectivity index (χ0n) is 13.1. The van der Waals surface area contributed by atoms with Gasteiger partial charge in [-0.2, -0.15) is 0 Å². The van der Waals surface area contributed by atoms with Gasteiger partial charge in [-0.05, 0) is 53.4 Å². The molecule has 2 aromatic rings. The second-order valence-corrected chi connectivity index (χ2v) is 5.92. The Balaban J connectivity index is 2.17. The van der Waals surface area contributed by atoms with Gasteiger partial charge in [0.25, 0.3) is 0 Å². The highest BCUT2D eigenvalue weighted by atomic mass is 79.9. The van der Waals surface area contributed by atoms with Crippen LogP contribution in [0.1, 0.15) is 35.3 Å². The van der Waals surface area contributed by atoms with Crippen molar-refractivity contribution in [1.82, 2.24) is 4.98 Å². The fourth-order valence-electron chi connectivity index (χ4n) is 2.33. The third-order valence-corrected chi connectivity index (χ3v) is 4.20. The average molecular weight is 380 g/mol. The molecule has 0 aliphatic rings. The molecule has 0 unspecified atom stereocenters. The number of esters is 2. The van der Waals surface area contributed by atoms with Crippen molar-refractivity contribution < 1.29 is 19.1 Å². The predicted octanol–water partition coefficient (Wildman–Crippen LogP) is 3.67. The number of benzene rings is 1. The number of hydrogen-bond donors (Lipinski definition) is 0. The highest BCUT2D eigenvalue weighted by molar-refractivity contribution is 9.10. The quantitative estimate of drug-likeness (QED) is 0.565. The second kappa shape index (κ2) is 8.06. The lowest BCUT2D eigenvalue weighted by Crippen LogP contribution is -2.03. The molecule has 2 rings (SSSR count). The second-order valence-electron chi connectivity index (χ2n) is 5.07. The highest BCUT2D eigenvalue weighted by Gasteiger charge is 2.13. The SMILES string of the molecule is COC(=O)CCCCc1ccc2c(C(=O)OC)ccc(Br)c2n1. The van der Waals surface area contributed by atoms with Gasteiger partial charge in [-0.3, -0.25) is 9.78 Å². The number of fused-ring (bicyclic) bond motifs is 1. The lowest BCUT2D eigenvalue weighted by atomic mass is 10.1. The van der Waals surface area contributed by atoms with Crippen LogP contribution in [0.4, 0.5) is 0 Å². The molecule has 0 aliphatic carbocycles. The summed E-state index contributed by atoms with van der Waals surface area (Å²) < 4.78 is 10.2. The summed E-state index contributed by atoms with van der Waals surface area (Å²) in [5, 5.41) is 0.754. The summed E-state index contributed by atoms with van der Waals surface area (Å²) in [6.07, 6.45) is 2.79. The molecule has 0 saturated heterocycles. The fourth-order valence-corrected chi connectivity index (χ4v) is 2.76. The first-order valence-electron chi connectivity index (χ1n) is 7.30. The molecular formula is C17H18BrNO4. The molecule has 1 heterocycles. The number of carbonyl (C=O) groups excluding carboxylic acids is 2. The minimum absolute atomic E-state index is 0.193. The Kier molecular flexibility index (Phi) is 6.10. The molecule has 0 fully saturated rings. The van der Waals surface area contributed by atoms with Crippen LogP contribution >= 0.6 is 15.9 Å². The van der Waals surface area contributed by atoms with Crippen molar-refractivity contribution in [2.45, 2.75) is 25.7 Å². The largest absolute Gasteiger partial charge is 0.469 e. The van der Waals surface area contributed by atoms with Gasteiger partial charge in [0.15, 0.2) is 0 Å². The molecule has 0 aliphatic heterocycles. The number of pyridine rings is 1. The van der Waals surface area contributed by atoms with Crippen molar-refractivity contribution in [3.8, 4) is 0 Å². The van der Waals surface area contributed by atoms with Crippen molar-refractivity contribution in [2.24, 2.45) is 0 Å². The Morgan fingerprint density at radius 3 is 2.57 bits per heavy atom. The topological polar surface area (TPSA) is 65.5 Å². The fraction of sp³-hybridized carbons (Fsp3) is 0.353. The van der Waals surface area contributed by atoms with Crippen LogP contribution in [0.15, 0.2) is 28.7 Å². The Morgan fingerprint density at radius 2 is 1.87 bits per heavy atom. The smallest absolute Gasteiger partial charge is 0.338 e. The van der Waals surface area contributed by atoms with E-state index in [0.29, 0.717) is 12.0 Å². The van der Waals surface area contributed by atoms with E-state index in [9.17, 15) is 9.59 Å². The van der Waals surface area contributed by atoms with Gasteiger partial charge in [0.05, 0.1) is 25.3 Å². The van der Waals surface area contributed by atoms with Crippen LogP contribution in [0, 0.1) is 0 Å². The van der Waals surface area contributed by atoms with Gasteiger partial charge < -0.3 is 9.47 Å². The molecular weight excluding hydrogens is 362 g/mol. The van der Waals surface area contributed by atoms with E-state index in [1.807, 2.05) is 12.1 Å². The Hall–Kier alpha value is -1.95. The summed E-state index contributed by atoms with van der Waals surface area (Å²) in [7, 11) is 2.75. The van der Waals surface area contributed by atoms with Crippen molar-refractivity contribution in [3.63, 3.8) is 0 Å². The monoisotopic (exact) mass is 379 g/mol. The average Bonchev–Trinajstić information content (AvgIpc) is 2.58. The van der Waals surface area contributed by atoms with Gasteiger partial charge in [0, 0.05) is 22.0 Å². The van der Waals surface area contributed by atoms with E-state index in [4.69, 9.17) is 4.74 Å². The molecule has 1 aromatic heterocycles. The van der Waals surface area contributed by atoms with Crippen molar-refractivity contribution >= 4 is 38.8 Å². The van der Waals surface area contributed by atoms with E-state index in [0.717, 1.165) is 40.3 Å². The van der Waals surface area contributed by atoms with Gasteiger partial charge in [0.2, 0.25) is 0 Å². The zero-order chi connectivity index (χ0) is 16.8. The summed E-state index contributed by atoms with van der Waals surface area (Å²) in [6, 6.07) is 7.30. The molecule has 0 saturated carbocycles. The third-order valence-electron chi connectivity index (χ3n) is 3.56. The normalized spacial score (nSPS) is 10.6. The Bertz CT molecular complexity index is 730. The molecule has 0 spiro atoms. The molecule has 0 amide bonds. The van der Waals surface area contributed by atoms with Crippen molar-refractivity contribution in [1.29, 1.82) is 0 Å². The maximum atomic E-state index is 11.8. The number of carbonyl (C=O) groups is 2. The van der Waals surface area contributed by atoms with Crippen LogP contribution in [0.3, 0.4) is 0 Å². The van der Waals surface area contributed by atoms with Crippen LogP contribution in [0.2, 0.25) is 0 Å². The molecule has 0 N–H and O–H groups in total. The molecule has 6 heteroatoms. The maximum Gasteiger partial charge on any atom is 0.338 e. The molecule has 122 valence electrons. The lowest BCUT2D eigenvalue weighted by Gasteiger charge is -2.08. The van der Waals surface area contributed by atoms with Gasteiger partial charge in [0.1, 0.15) is 0 Å². The van der Waals surface area contributed by atoms with E-state index < -0.39 is 0 Å². The van der Waals surface area contributed by atoms with Crippen LogP contribution in [0.5, 0.6) is 0 Å². The Morgan fingerprint density at radius 1 is 1.09 bits per heavy atom. The number of halogens is 1. The van der Waals surface area contributed by atoms with Crippen molar-refractivity contribution in [2.75, 3.05) is 14.2 Å². The van der Waals surface area contributed by atoms with E-state index >= 15 is 0 Å². The number of methoxy groups -OCH3 is 2. The lowest BCUT2D eigenvalue weighted by molar-refractivity contribution is -0.140. The van der Waals surface area contributed by atoms with Gasteiger partial charge >= 0.3 is 11.9 Å². The summed E-state index contributed by atoms with van der Waals surface area (Å²) in [5.74, 6) is -0.572. The maximum absolute atomic E-state index is 11.8. The number of nitrogens with zero attached hydrogens (tertiary/aromatic N) is 1. The van der Waals surface area contributed by atoms with E-state index in [1.54, 1.807) is 12.1 Å². The predicted molar refractivity (Wildman–Crippen MR) is 90.4 cm³/mol. The summed E-state index contributed by atoms with van der Waals surface area (Å²) in [5.41, 5.74) is 2.15. The minimum Gasteiger partial charge on any atom is -0.469 e. The molecule has 0 bridgehead atoms. The number of unbranched alkanes of at least 4 members (excludes halogenated alkanes) is 1. The zero-order valence-corrected chi connectivity index (χ0v) is 14.7. The van der Waals surface area contributed by atoms with Crippen molar-refractivity contribution in [3.05, 3.63) is 40.0 Å². The van der Waals surface area contributed by atoms with Gasteiger partial charge in [-0.25, -0.2) is 4.79 Å². The standard InChI is InChI=1S/C17H18BrNO4/c1-22-15(20)6-4-3-5-11-7-8-12-13(17(21)23-2)9-10-14(18)16(12)19-11/h7-10H,3-6H2,1-2H3. The summed E-state index contributed by atoms with van der Waals surface area (Å²) in [4.78, 5) is 27.5. The minimum atomic E-state index is -0.380. The number of hydrogen-bond acceptors (Lipinski definition) is 5. The van der Waals surface area contributed by atoms with Crippen LogP contribution in [-0.4, -0.2) is 31.1 Å². The summed E-state index contributed by atoms with van der Waals surface area (Å²) in [6.45, 7) is 0. The number of aromatic nitrogens is 1. The van der Waals surface area contributed by atoms with E-state index in [-0.39, 0.29) is 11.9 Å². The first kappa shape index (κ1) is 17.4. The third kappa shape index (κ3) is 4.28. The number of rotatable bonds is 6. The summed E-state index contributed by atoms with van der Waals surface area (Å²) >= 11 is 3.47. The first-order valence-corrected chi connectivity index (χ1v) is 8.09. The molecule has 0 atom stereocenters. The first-order chi connectivity index (χ1) is 11.1. The Labute approximate surface area is 143 Å². The number of aryl methyl sites for hydroxylation is 1. The van der Waals surface area contributed by atoms with Crippen LogP contribution in [0.25, 0.3) is 10.9 Å². The van der Waals surface area contributed by atoms with Gasteiger partial charge in [-0.15, -0.1) is 0 Å². The van der Waals surface area contributed by atoms with E-state index in [2.05, 4.69) is 25.7 Å². The molecule has 5 nitrogen and oxygen atoms in total. The van der Waals surface area contributed by atoms with E-state index in [1.165, 1.54) is 14.2 Å². The van der Waals surface area contributed by atoms with Crippen LogP contribution in [-0.2, 0) is 20.7 Å². The van der Waals surface area contributed by atoms with Gasteiger partial charge in [-0.1, -0.05) is 6.07 Å². The molecule has 1 aromatic carbocycles.